The first kappa shape index (κ1) is 21.1. The van der Waals surface area contributed by atoms with Crippen molar-refractivity contribution >= 4 is 37.7 Å². The van der Waals surface area contributed by atoms with Crippen LogP contribution in [-0.4, -0.2) is 86.7 Å². The van der Waals surface area contributed by atoms with Gasteiger partial charge in [-0.2, -0.15) is 0 Å². The molecule has 1 N–H and O–H groups in total. The molecular weight excluding hydrogens is 278 g/mol. The first-order chi connectivity index (χ1) is 9.31. The molecule has 0 saturated carbocycles. The SMILES string of the molecule is CCCC(CCC)CCCC1COCCN1CCO.[Ca+2].[H-].[H-]. The summed E-state index contributed by atoms with van der Waals surface area (Å²) < 4.78 is 5.59. The van der Waals surface area contributed by atoms with Gasteiger partial charge in [-0.3, -0.25) is 4.90 Å². The molecule has 1 saturated heterocycles. The first-order valence-corrected chi connectivity index (χ1v) is 8.24. The van der Waals surface area contributed by atoms with Gasteiger partial charge in [0.1, 0.15) is 0 Å². The number of morpholine rings is 1. The Morgan fingerprint density at radius 2 is 1.95 bits per heavy atom. The second-order valence-corrected chi connectivity index (χ2v) is 5.86. The van der Waals surface area contributed by atoms with Gasteiger partial charge in [-0.1, -0.05) is 52.4 Å². The maximum absolute atomic E-state index is 9.11. The summed E-state index contributed by atoms with van der Waals surface area (Å²) in [6, 6.07) is 0.532. The van der Waals surface area contributed by atoms with Gasteiger partial charge < -0.3 is 12.7 Å². The van der Waals surface area contributed by atoms with Crippen LogP contribution in [0.1, 0.15) is 61.6 Å². The monoisotopic (exact) mass is 313 g/mol. The zero-order chi connectivity index (χ0) is 13.9. The smallest absolute Gasteiger partial charge is 1.00 e. The predicted octanol–water partition coefficient (Wildman–Crippen LogP) is 2.91. The van der Waals surface area contributed by atoms with Crippen LogP contribution < -0.4 is 0 Å². The van der Waals surface area contributed by atoms with Crippen LogP contribution in [0.2, 0.25) is 0 Å². The van der Waals surface area contributed by atoms with Crippen molar-refractivity contribution < 1.29 is 12.7 Å². The molecule has 0 amide bonds. The molecule has 0 bridgehead atoms. The maximum Gasteiger partial charge on any atom is 2.00 e. The van der Waals surface area contributed by atoms with Gasteiger partial charge in [-0.25, -0.2) is 0 Å². The van der Waals surface area contributed by atoms with Crippen molar-refractivity contribution in [1.82, 2.24) is 4.90 Å². The molecule has 1 atom stereocenters. The van der Waals surface area contributed by atoms with Crippen LogP contribution in [0.5, 0.6) is 0 Å². The summed E-state index contributed by atoms with van der Waals surface area (Å²) in [5, 5.41) is 9.11. The van der Waals surface area contributed by atoms with E-state index in [1.54, 1.807) is 0 Å². The summed E-state index contributed by atoms with van der Waals surface area (Å²) >= 11 is 0. The summed E-state index contributed by atoms with van der Waals surface area (Å²) in [5.41, 5.74) is 0. The van der Waals surface area contributed by atoms with E-state index in [1.807, 2.05) is 0 Å². The Hall–Kier alpha value is 1.14. The van der Waals surface area contributed by atoms with Gasteiger partial charge in [0.25, 0.3) is 0 Å². The zero-order valence-corrected chi connectivity index (χ0v) is 15.9. The van der Waals surface area contributed by atoms with Gasteiger partial charge in [0.15, 0.2) is 0 Å². The minimum absolute atomic E-state index is 0. The van der Waals surface area contributed by atoms with Gasteiger partial charge in [0.2, 0.25) is 0 Å². The topological polar surface area (TPSA) is 32.7 Å². The van der Waals surface area contributed by atoms with E-state index in [9.17, 15) is 0 Å². The first-order valence-electron chi connectivity index (χ1n) is 8.24. The van der Waals surface area contributed by atoms with Crippen LogP contribution in [0.3, 0.4) is 0 Å². The quantitative estimate of drug-likeness (QED) is 0.630. The number of aliphatic hydroxyl groups excluding tert-OH is 1. The molecule has 1 heterocycles. The Morgan fingerprint density at radius 3 is 2.55 bits per heavy atom. The average Bonchev–Trinajstić information content (AvgIpc) is 2.41. The van der Waals surface area contributed by atoms with Crippen molar-refractivity contribution in [2.45, 2.75) is 64.8 Å². The molecule has 1 fully saturated rings. The summed E-state index contributed by atoms with van der Waals surface area (Å²) in [7, 11) is 0. The third kappa shape index (κ3) is 8.55. The third-order valence-corrected chi connectivity index (χ3v) is 4.28. The molecule has 20 heavy (non-hydrogen) atoms. The van der Waals surface area contributed by atoms with E-state index in [1.165, 1.54) is 44.9 Å². The van der Waals surface area contributed by atoms with Gasteiger partial charge in [-0.15, -0.1) is 0 Å². The predicted molar refractivity (Wildman–Crippen MR) is 88.4 cm³/mol. The van der Waals surface area contributed by atoms with Crippen LogP contribution in [0.15, 0.2) is 0 Å². The molecule has 1 aliphatic rings. The number of ether oxygens (including phenoxy) is 1. The number of nitrogens with zero attached hydrogens (tertiary/aromatic N) is 1. The average molecular weight is 314 g/mol. The second kappa shape index (κ2) is 13.8. The van der Waals surface area contributed by atoms with Crippen LogP contribution in [0.4, 0.5) is 0 Å². The van der Waals surface area contributed by atoms with E-state index in [-0.39, 0.29) is 47.2 Å². The van der Waals surface area contributed by atoms with Crippen molar-refractivity contribution in [3.63, 3.8) is 0 Å². The van der Waals surface area contributed by atoms with E-state index >= 15 is 0 Å². The van der Waals surface area contributed by atoms with E-state index < -0.39 is 0 Å². The van der Waals surface area contributed by atoms with Crippen LogP contribution in [-0.2, 0) is 4.74 Å². The molecular formula is C16H35CaNO2. The molecule has 4 heteroatoms. The Kier molecular flexibility index (Phi) is 14.6. The standard InChI is InChI=1S/C16H33NO2.Ca.2H/c1-3-6-15(7-4-2)8-5-9-16-14-19-13-11-17(16)10-12-18;;;/h15-16,18H,3-14H2,1-2H3;;;/q;+2;2*-1. The zero-order valence-electron chi connectivity index (χ0n) is 15.6. The van der Waals surface area contributed by atoms with Crippen LogP contribution >= 0.6 is 0 Å². The van der Waals surface area contributed by atoms with Crippen molar-refractivity contribution in [2.24, 2.45) is 5.92 Å². The van der Waals surface area contributed by atoms with Crippen molar-refractivity contribution in [3.05, 3.63) is 0 Å². The molecule has 0 spiro atoms. The summed E-state index contributed by atoms with van der Waals surface area (Å²) in [4.78, 5) is 2.40. The fraction of sp³-hybridized carbons (Fsp3) is 1.00. The van der Waals surface area contributed by atoms with Gasteiger partial charge in [-0.05, 0) is 12.3 Å². The van der Waals surface area contributed by atoms with Crippen LogP contribution in [0, 0.1) is 5.92 Å². The minimum atomic E-state index is 0. The number of rotatable bonds is 10. The Morgan fingerprint density at radius 1 is 1.25 bits per heavy atom. The second-order valence-electron chi connectivity index (χ2n) is 5.86. The summed E-state index contributed by atoms with van der Waals surface area (Å²) in [6.45, 7) is 8.32. The van der Waals surface area contributed by atoms with E-state index in [4.69, 9.17) is 9.84 Å². The van der Waals surface area contributed by atoms with Crippen LogP contribution in [0.25, 0.3) is 0 Å². The molecule has 118 valence electrons. The molecule has 0 aliphatic carbocycles. The molecule has 1 aliphatic heterocycles. The van der Waals surface area contributed by atoms with Gasteiger partial charge in [0.05, 0.1) is 19.8 Å². The molecule has 3 nitrogen and oxygen atoms in total. The molecule has 1 unspecified atom stereocenters. The number of aliphatic hydroxyl groups is 1. The van der Waals surface area contributed by atoms with E-state index in [2.05, 4.69) is 18.7 Å². The van der Waals surface area contributed by atoms with Crippen molar-refractivity contribution in [2.75, 3.05) is 32.9 Å². The molecule has 0 aromatic carbocycles. The van der Waals surface area contributed by atoms with Crippen molar-refractivity contribution in [3.8, 4) is 0 Å². The minimum Gasteiger partial charge on any atom is -1.00 e. The number of hydrogen-bond donors (Lipinski definition) is 1. The maximum atomic E-state index is 9.11. The summed E-state index contributed by atoms with van der Waals surface area (Å²) in [6.07, 6.45) is 9.29. The number of hydrogen-bond acceptors (Lipinski definition) is 3. The third-order valence-electron chi connectivity index (χ3n) is 4.28. The summed E-state index contributed by atoms with van der Waals surface area (Å²) in [5.74, 6) is 0.922. The molecule has 1 rings (SSSR count). The fourth-order valence-electron chi connectivity index (χ4n) is 3.27. The van der Waals surface area contributed by atoms with Gasteiger partial charge >= 0.3 is 37.7 Å². The molecule has 0 aromatic heterocycles. The normalized spacial score (nSPS) is 20.1. The largest absolute Gasteiger partial charge is 2.00 e. The Labute approximate surface area is 158 Å². The molecule has 0 radical (unpaired) electrons. The fourth-order valence-corrected chi connectivity index (χ4v) is 3.27. The Bertz CT molecular complexity index is 218. The molecule has 0 aromatic rings. The number of β-amino-alcohol motifs (C(OH)–C–C–N with tert-alkyl or cyclic N) is 1. The Balaban J connectivity index is -0.00000120. The van der Waals surface area contributed by atoms with E-state index in [0.29, 0.717) is 6.04 Å². The van der Waals surface area contributed by atoms with Crippen molar-refractivity contribution in [1.29, 1.82) is 0 Å². The van der Waals surface area contributed by atoms with E-state index in [0.717, 1.165) is 32.2 Å². The van der Waals surface area contributed by atoms with Gasteiger partial charge in [0, 0.05) is 19.1 Å².